The Morgan fingerprint density at radius 1 is 1.26 bits per heavy atom. The molecule has 1 aromatic carbocycles. The van der Waals surface area contributed by atoms with Gasteiger partial charge in [0.2, 0.25) is 0 Å². The molecule has 0 atom stereocenters. The second-order valence-electron chi connectivity index (χ2n) is 4.37. The summed E-state index contributed by atoms with van der Waals surface area (Å²) in [6.07, 6.45) is 4.52. The van der Waals surface area contributed by atoms with Gasteiger partial charge in [0, 0.05) is 12.6 Å². The fourth-order valence-electron chi connectivity index (χ4n) is 1.66. The molecule has 19 heavy (non-hydrogen) atoms. The summed E-state index contributed by atoms with van der Waals surface area (Å²) in [5.41, 5.74) is 2.05. The van der Waals surface area contributed by atoms with E-state index in [1.165, 1.54) is 0 Å². The average Bonchev–Trinajstić information content (AvgIpc) is 2.40. The number of aryl methyl sites for hydroxylation is 1. The fourth-order valence-corrected chi connectivity index (χ4v) is 1.93. The fraction of sp³-hybridized carbons (Fsp3) is 0.267. The van der Waals surface area contributed by atoms with E-state index in [4.69, 9.17) is 16.3 Å². The number of aromatic nitrogens is 1. The normalized spacial score (nSPS) is 10.3. The predicted octanol–water partition coefficient (Wildman–Crippen LogP) is 4.66. The van der Waals surface area contributed by atoms with Gasteiger partial charge in [0.15, 0.2) is 0 Å². The molecule has 1 heterocycles. The third kappa shape index (κ3) is 3.86. The van der Waals surface area contributed by atoms with Crippen LogP contribution in [0.15, 0.2) is 36.7 Å². The number of hydrogen-bond donors (Lipinski definition) is 1. The Morgan fingerprint density at radius 3 is 2.84 bits per heavy atom. The summed E-state index contributed by atoms with van der Waals surface area (Å²) in [6, 6.07) is 7.62. The summed E-state index contributed by atoms with van der Waals surface area (Å²) in [5.74, 6) is 1.31. The Labute approximate surface area is 118 Å². The lowest BCUT2D eigenvalue weighted by Gasteiger charge is -2.10. The first-order chi connectivity index (χ1) is 9.19. The van der Waals surface area contributed by atoms with Gasteiger partial charge in [-0.15, -0.1) is 0 Å². The van der Waals surface area contributed by atoms with E-state index >= 15 is 0 Å². The zero-order valence-corrected chi connectivity index (χ0v) is 11.9. The van der Waals surface area contributed by atoms with Gasteiger partial charge in [0.25, 0.3) is 0 Å². The molecule has 0 aliphatic heterocycles. The van der Waals surface area contributed by atoms with Crippen LogP contribution in [0.3, 0.4) is 0 Å². The van der Waals surface area contributed by atoms with Crippen LogP contribution < -0.4 is 10.1 Å². The topological polar surface area (TPSA) is 34.2 Å². The van der Waals surface area contributed by atoms with Gasteiger partial charge in [0.05, 0.1) is 23.1 Å². The van der Waals surface area contributed by atoms with Gasteiger partial charge >= 0.3 is 0 Å². The molecule has 100 valence electrons. The lowest BCUT2D eigenvalue weighted by Crippen LogP contribution is -2.00. The van der Waals surface area contributed by atoms with E-state index in [0.29, 0.717) is 16.5 Å². The standard InChI is InChI=1S/C15H17ClN2O/c1-3-6-18-12-8-13(10-17-9-12)19-15-5-4-11(2)7-14(15)16/h4-5,7-10,18H,3,6H2,1-2H3. The minimum Gasteiger partial charge on any atom is -0.454 e. The highest BCUT2D eigenvalue weighted by Crippen LogP contribution is 2.30. The second kappa shape index (κ2) is 6.43. The van der Waals surface area contributed by atoms with E-state index in [0.717, 1.165) is 24.2 Å². The van der Waals surface area contributed by atoms with E-state index in [-0.39, 0.29) is 0 Å². The number of ether oxygens (including phenoxy) is 1. The van der Waals surface area contributed by atoms with Crippen molar-refractivity contribution in [3.05, 3.63) is 47.2 Å². The summed E-state index contributed by atoms with van der Waals surface area (Å²) in [5, 5.41) is 3.87. The maximum absolute atomic E-state index is 6.14. The van der Waals surface area contributed by atoms with Crippen molar-refractivity contribution in [3.63, 3.8) is 0 Å². The summed E-state index contributed by atoms with van der Waals surface area (Å²) in [7, 11) is 0. The van der Waals surface area contributed by atoms with Crippen molar-refractivity contribution in [2.75, 3.05) is 11.9 Å². The van der Waals surface area contributed by atoms with Gasteiger partial charge in [-0.2, -0.15) is 0 Å². The highest BCUT2D eigenvalue weighted by atomic mass is 35.5. The van der Waals surface area contributed by atoms with E-state index in [9.17, 15) is 0 Å². The molecule has 0 saturated carbocycles. The van der Waals surface area contributed by atoms with Crippen molar-refractivity contribution in [2.45, 2.75) is 20.3 Å². The first-order valence-corrected chi connectivity index (χ1v) is 6.69. The van der Waals surface area contributed by atoms with E-state index < -0.39 is 0 Å². The molecule has 0 saturated heterocycles. The first kappa shape index (κ1) is 13.7. The van der Waals surface area contributed by atoms with Crippen LogP contribution in [0.4, 0.5) is 5.69 Å². The molecule has 0 spiro atoms. The van der Waals surface area contributed by atoms with Crippen LogP contribution in [0, 0.1) is 6.92 Å². The number of hydrogen-bond acceptors (Lipinski definition) is 3. The average molecular weight is 277 g/mol. The molecule has 2 aromatic rings. The predicted molar refractivity (Wildman–Crippen MR) is 79.3 cm³/mol. The van der Waals surface area contributed by atoms with Gasteiger partial charge in [0.1, 0.15) is 11.5 Å². The van der Waals surface area contributed by atoms with Crippen LogP contribution >= 0.6 is 11.6 Å². The van der Waals surface area contributed by atoms with Crippen molar-refractivity contribution in [3.8, 4) is 11.5 Å². The Bertz CT molecular complexity index is 558. The number of halogens is 1. The van der Waals surface area contributed by atoms with Crippen LogP contribution in [0.5, 0.6) is 11.5 Å². The zero-order chi connectivity index (χ0) is 13.7. The van der Waals surface area contributed by atoms with Crippen LogP contribution in [0.2, 0.25) is 5.02 Å². The van der Waals surface area contributed by atoms with Crippen LogP contribution in [-0.2, 0) is 0 Å². The van der Waals surface area contributed by atoms with Crippen molar-refractivity contribution in [2.24, 2.45) is 0 Å². The molecule has 0 aliphatic carbocycles. The number of pyridine rings is 1. The molecule has 0 amide bonds. The number of benzene rings is 1. The highest BCUT2D eigenvalue weighted by Gasteiger charge is 2.04. The van der Waals surface area contributed by atoms with Crippen LogP contribution in [-0.4, -0.2) is 11.5 Å². The Kier molecular flexibility index (Phi) is 4.63. The Balaban J connectivity index is 2.14. The summed E-state index contributed by atoms with van der Waals surface area (Å²) >= 11 is 6.14. The molecule has 0 unspecified atom stereocenters. The molecule has 0 fully saturated rings. The largest absolute Gasteiger partial charge is 0.454 e. The third-order valence-electron chi connectivity index (χ3n) is 2.61. The van der Waals surface area contributed by atoms with Gasteiger partial charge in [-0.25, -0.2) is 0 Å². The minimum atomic E-state index is 0.604. The molecule has 2 rings (SSSR count). The molecule has 0 aliphatic rings. The lowest BCUT2D eigenvalue weighted by atomic mass is 10.2. The summed E-state index contributed by atoms with van der Waals surface area (Å²) in [4.78, 5) is 4.15. The Hall–Kier alpha value is -1.74. The maximum atomic E-state index is 6.14. The van der Waals surface area contributed by atoms with E-state index in [2.05, 4.69) is 17.2 Å². The number of nitrogens with zero attached hydrogens (tertiary/aromatic N) is 1. The Morgan fingerprint density at radius 2 is 2.11 bits per heavy atom. The maximum Gasteiger partial charge on any atom is 0.147 e. The van der Waals surface area contributed by atoms with Crippen LogP contribution in [0.1, 0.15) is 18.9 Å². The quantitative estimate of drug-likeness (QED) is 0.862. The number of nitrogens with one attached hydrogen (secondary N) is 1. The smallest absolute Gasteiger partial charge is 0.147 e. The molecule has 4 heteroatoms. The highest BCUT2D eigenvalue weighted by molar-refractivity contribution is 6.32. The van der Waals surface area contributed by atoms with E-state index in [1.54, 1.807) is 12.4 Å². The van der Waals surface area contributed by atoms with Gasteiger partial charge in [-0.1, -0.05) is 24.6 Å². The molecule has 0 radical (unpaired) electrons. The SMILES string of the molecule is CCCNc1cncc(Oc2ccc(C)cc2Cl)c1. The van der Waals surface area contributed by atoms with Crippen molar-refractivity contribution < 1.29 is 4.74 Å². The number of anilines is 1. The molecular formula is C15H17ClN2O. The van der Waals surface area contributed by atoms with Gasteiger partial charge in [-0.3, -0.25) is 4.98 Å². The monoisotopic (exact) mass is 276 g/mol. The van der Waals surface area contributed by atoms with E-state index in [1.807, 2.05) is 31.2 Å². The van der Waals surface area contributed by atoms with Crippen molar-refractivity contribution in [1.82, 2.24) is 4.98 Å². The van der Waals surface area contributed by atoms with Gasteiger partial charge in [-0.05, 0) is 31.0 Å². The van der Waals surface area contributed by atoms with Crippen molar-refractivity contribution in [1.29, 1.82) is 0 Å². The first-order valence-electron chi connectivity index (χ1n) is 6.32. The zero-order valence-electron chi connectivity index (χ0n) is 11.1. The second-order valence-corrected chi connectivity index (χ2v) is 4.78. The molecular weight excluding hydrogens is 260 g/mol. The minimum absolute atomic E-state index is 0.604. The molecule has 1 aromatic heterocycles. The van der Waals surface area contributed by atoms with Gasteiger partial charge < -0.3 is 10.1 Å². The molecule has 3 nitrogen and oxygen atoms in total. The van der Waals surface area contributed by atoms with Crippen LogP contribution in [0.25, 0.3) is 0 Å². The van der Waals surface area contributed by atoms with Crippen molar-refractivity contribution >= 4 is 17.3 Å². The third-order valence-corrected chi connectivity index (χ3v) is 2.90. The summed E-state index contributed by atoms with van der Waals surface area (Å²) in [6.45, 7) is 5.02. The molecule has 0 bridgehead atoms. The number of rotatable bonds is 5. The summed E-state index contributed by atoms with van der Waals surface area (Å²) < 4.78 is 5.75. The lowest BCUT2D eigenvalue weighted by molar-refractivity contribution is 0.480. The molecule has 1 N–H and O–H groups in total.